The molecule has 0 aliphatic carbocycles. The lowest BCUT2D eigenvalue weighted by Gasteiger charge is -2.28. The largest absolute Gasteiger partial charge is 0.451 e. The minimum absolute atomic E-state index is 0.0120. The van der Waals surface area contributed by atoms with Gasteiger partial charge in [-0.05, 0) is 23.6 Å². The molecule has 27 heavy (non-hydrogen) atoms. The minimum Gasteiger partial charge on any atom is -0.451 e. The number of fused-ring (bicyclic) bond motifs is 2. The molecule has 0 spiro atoms. The number of rotatable bonds is 3. The van der Waals surface area contributed by atoms with Crippen LogP contribution in [0.1, 0.15) is 21.6 Å². The predicted molar refractivity (Wildman–Crippen MR) is 98.2 cm³/mol. The summed E-state index contributed by atoms with van der Waals surface area (Å²) in [6.45, 7) is 0.732. The Kier molecular flexibility index (Phi) is 4.42. The van der Waals surface area contributed by atoms with Gasteiger partial charge in [0.1, 0.15) is 0 Å². The van der Waals surface area contributed by atoms with Crippen molar-refractivity contribution in [2.45, 2.75) is 13.0 Å². The Labute approximate surface area is 154 Å². The molecule has 0 bridgehead atoms. The van der Waals surface area contributed by atoms with E-state index in [1.54, 1.807) is 29.2 Å². The Morgan fingerprint density at radius 1 is 1.04 bits per heavy atom. The van der Waals surface area contributed by atoms with Crippen molar-refractivity contribution in [1.29, 1.82) is 0 Å². The number of hydrogen-bond acceptors (Lipinski definition) is 5. The molecule has 7 heteroatoms. The summed E-state index contributed by atoms with van der Waals surface area (Å²) < 4.78 is 5.16. The van der Waals surface area contributed by atoms with E-state index < -0.39 is 5.97 Å². The van der Waals surface area contributed by atoms with Crippen LogP contribution < -0.4 is 5.56 Å². The third kappa shape index (κ3) is 3.31. The van der Waals surface area contributed by atoms with Crippen LogP contribution in [0, 0.1) is 0 Å². The number of aromatic nitrogens is 2. The average molecular weight is 363 g/mol. The Morgan fingerprint density at radius 2 is 1.74 bits per heavy atom. The van der Waals surface area contributed by atoms with Gasteiger partial charge in [0, 0.05) is 18.5 Å². The van der Waals surface area contributed by atoms with Crippen LogP contribution in [0.5, 0.6) is 0 Å². The number of nitrogens with zero attached hydrogens (tertiary/aromatic N) is 2. The van der Waals surface area contributed by atoms with Crippen molar-refractivity contribution in [1.82, 2.24) is 15.1 Å². The number of H-pyrrole nitrogens is 1. The second-order valence-corrected chi connectivity index (χ2v) is 6.36. The van der Waals surface area contributed by atoms with Crippen molar-refractivity contribution in [2.24, 2.45) is 0 Å². The van der Waals surface area contributed by atoms with E-state index in [9.17, 15) is 14.4 Å². The fraction of sp³-hybridized carbons (Fsp3) is 0.200. The van der Waals surface area contributed by atoms with Crippen molar-refractivity contribution in [3.05, 3.63) is 75.7 Å². The summed E-state index contributed by atoms with van der Waals surface area (Å²) >= 11 is 0. The number of esters is 1. The maximum absolute atomic E-state index is 12.4. The van der Waals surface area contributed by atoms with Gasteiger partial charge in [-0.25, -0.2) is 9.89 Å². The molecule has 0 fully saturated rings. The fourth-order valence-corrected chi connectivity index (χ4v) is 3.27. The molecule has 7 nitrogen and oxygen atoms in total. The van der Waals surface area contributed by atoms with Crippen molar-refractivity contribution >= 4 is 22.6 Å². The van der Waals surface area contributed by atoms with E-state index in [4.69, 9.17) is 4.74 Å². The first kappa shape index (κ1) is 17.0. The lowest BCUT2D eigenvalue weighted by molar-refractivity contribution is -0.135. The normalized spacial score (nSPS) is 13.3. The van der Waals surface area contributed by atoms with Crippen molar-refractivity contribution < 1.29 is 14.3 Å². The molecule has 136 valence electrons. The summed E-state index contributed by atoms with van der Waals surface area (Å²) in [5, 5.41) is 6.81. The molecule has 1 aliphatic rings. The molecule has 1 aromatic heterocycles. The maximum Gasteiger partial charge on any atom is 0.359 e. The van der Waals surface area contributed by atoms with E-state index in [0.717, 1.165) is 12.0 Å². The first-order valence-electron chi connectivity index (χ1n) is 8.62. The molecule has 0 unspecified atom stereocenters. The summed E-state index contributed by atoms with van der Waals surface area (Å²) in [7, 11) is 0. The van der Waals surface area contributed by atoms with Gasteiger partial charge >= 0.3 is 5.97 Å². The van der Waals surface area contributed by atoms with Gasteiger partial charge in [0.2, 0.25) is 0 Å². The van der Waals surface area contributed by atoms with E-state index in [-0.39, 0.29) is 23.8 Å². The molecular formula is C20H17N3O4. The minimum atomic E-state index is -0.742. The molecular weight excluding hydrogens is 346 g/mol. The zero-order chi connectivity index (χ0) is 18.8. The average Bonchev–Trinajstić information content (AvgIpc) is 2.72. The Morgan fingerprint density at radius 3 is 2.56 bits per heavy atom. The summed E-state index contributed by atoms with van der Waals surface area (Å²) in [6, 6.07) is 14.6. The van der Waals surface area contributed by atoms with Crippen LogP contribution in [-0.2, 0) is 22.5 Å². The second-order valence-electron chi connectivity index (χ2n) is 6.36. The SMILES string of the molecule is O=C(OCC(=O)N1CCc2ccccc2C1)c1n[nH]c(=O)c2ccccc12. The lowest BCUT2D eigenvalue weighted by Crippen LogP contribution is -2.38. The van der Waals surface area contributed by atoms with Gasteiger partial charge in [0.05, 0.1) is 5.39 Å². The molecule has 4 rings (SSSR count). The summed E-state index contributed by atoms with van der Waals surface area (Å²) in [6.07, 6.45) is 0.780. The fourth-order valence-electron chi connectivity index (χ4n) is 3.27. The number of carbonyl (C=O) groups excluding carboxylic acids is 2. The van der Waals surface area contributed by atoms with Gasteiger partial charge in [0.15, 0.2) is 12.3 Å². The number of ether oxygens (including phenoxy) is 1. The Balaban J connectivity index is 1.45. The summed E-state index contributed by atoms with van der Waals surface area (Å²) in [5.41, 5.74) is 1.95. The molecule has 0 atom stereocenters. The predicted octanol–water partition coefficient (Wildman–Crippen LogP) is 1.66. The van der Waals surface area contributed by atoms with Gasteiger partial charge in [-0.1, -0.05) is 42.5 Å². The van der Waals surface area contributed by atoms with E-state index in [2.05, 4.69) is 16.3 Å². The van der Waals surface area contributed by atoms with E-state index >= 15 is 0 Å². The van der Waals surface area contributed by atoms with Crippen LogP contribution in [0.3, 0.4) is 0 Å². The highest BCUT2D eigenvalue weighted by Gasteiger charge is 2.22. The molecule has 0 radical (unpaired) electrons. The van der Waals surface area contributed by atoms with Crippen molar-refractivity contribution in [2.75, 3.05) is 13.2 Å². The smallest absolute Gasteiger partial charge is 0.359 e. The van der Waals surface area contributed by atoms with E-state index in [0.29, 0.717) is 23.9 Å². The Bertz CT molecular complexity index is 1090. The number of aromatic amines is 1. The molecule has 3 aromatic rings. The summed E-state index contributed by atoms with van der Waals surface area (Å²) in [5.74, 6) is -1.00. The Hall–Kier alpha value is -3.48. The van der Waals surface area contributed by atoms with Crippen LogP contribution in [0.2, 0.25) is 0 Å². The maximum atomic E-state index is 12.4. The quantitative estimate of drug-likeness (QED) is 0.715. The number of carbonyl (C=O) groups is 2. The van der Waals surface area contributed by atoms with Crippen LogP contribution in [0.15, 0.2) is 53.3 Å². The lowest BCUT2D eigenvalue weighted by atomic mass is 10.00. The number of nitrogens with one attached hydrogen (secondary N) is 1. The number of benzene rings is 2. The van der Waals surface area contributed by atoms with Crippen LogP contribution >= 0.6 is 0 Å². The number of amides is 1. The highest BCUT2D eigenvalue weighted by atomic mass is 16.5. The first-order chi connectivity index (χ1) is 13.1. The topological polar surface area (TPSA) is 92.4 Å². The highest BCUT2D eigenvalue weighted by molar-refractivity contribution is 6.02. The van der Waals surface area contributed by atoms with Gasteiger partial charge in [-0.3, -0.25) is 9.59 Å². The third-order valence-corrected chi connectivity index (χ3v) is 4.70. The zero-order valence-corrected chi connectivity index (χ0v) is 14.5. The molecule has 1 aliphatic heterocycles. The molecule has 0 saturated carbocycles. The highest BCUT2D eigenvalue weighted by Crippen LogP contribution is 2.19. The standard InChI is InChI=1S/C20H17N3O4/c24-17(23-10-9-13-5-1-2-6-14(13)11-23)12-27-20(26)18-15-7-3-4-8-16(15)19(25)22-21-18/h1-8H,9-12H2,(H,22,25). The van der Waals surface area contributed by atoms with Gasteiger partial charge in [0.25, 0.3) is 11.5 Å². The van der Waals surface area contributed by atoms with Gasteiger partial charge < -0.3 is 9.64 Å². The van der Waals surface area contributed by atoms with E-state index in [1.165, 1.54) is 5.56 Å². The first-order valence-corrected chi connectivity index (χ1v) is 8.62. The second kappa shape index (κ2) is 7.03. The molecule has 2 aromatic carbocycles. The number of hydrogen-bond donors (Lipinski definition) is 1. The summed E-state index contributed by atoms with van der Waals surface area (Å²) in [4.78, 5) is 38.3. The van der Waals surface area contributed by atoms with Crippen LogP contribution in [0.4, 0.5) is 0 Å². The van der Waals surface area contributed by atoms with Crippen LogP contribution in [-0.4, -0.2) is 40.1 Å². The van der Waals surface area contributed by atoms with Gasteiger partial charge in [-0.15, -0.1) is 0 Å². The van der Waals surface area contributed by atoms with Crippen molar-refractivity contribution in [3.63, 3.8) is 0 Å². The van der Waals surface area contributed by atoms with Gasteiger partial charge in [-0.2, -0.15) is 5.10 Å². The molecule has 1 N–H and O–H groups in total. The van der Waals surface area contributed by atoms with Crippen molar-refractivity contribution in [3.8, 4) is 0 Å². The molecule has 2 heterocycles. The monoisotopic (exact) mass is 363 g/mol. The molecule has 0 saturated heterocycles. The van der Waals surface area contributed by atoms with E-state index in [1.807, 2.05) is 18.2 Å². The van der Waals surface area contributed by atoms with Crippen LogP contribution in [0.25, 0.3) is 10.8 Å². The zero-order valence-electron chi connectivity index (χ0n) is 14.5. The molecule has 1 amide bonds. The third-order valence-electron chi connectivity index (χ3n) is 4.70.